The van der Waals surface area contributed by atoms with Gasteiger partial charge in [-0.05, 0) is 49.9 Å². The van der Waals surface area contributed by atoms with Crippen LogP contribution in [0.3, 0.4) is 0 Å². The number of piperidine rings is 1. The van der Waals surface area contributed by atoms with Gasteiger partial charge in [0.2, 0.25) is 5.91 Å². The van der Waals surface area contributed by atoms with Crippen LogP contribution in [0.2, 0.25) is 0 Å². The van der Waals surface area contributed by atoms with Crippen LogP contribution in [0.5, 0.6) is 0 Å². The van der Waals surface area contributed by atoms with Crippen molar-refractivity contribution < 1.29 is 14.7 Å². The second kappa shape index (κ2) is 6.72. The van der Waals surface area contributed by atoms with E-state index in [1.54, 1.807) is 4.90 Å². The molecule has 1 aromatic rings. The van der Waals surface area contributed by atoms with E-state index >= 15 is 0 Å². The summed E-state index contributed by atoms with van der Waals surface area (Å²) in [7, 11) is 0. The van der Waals surface area contributed by atoms with Crippen molar-refractivity contribution in [3.63, 3.8) is 0 Å². The Morgan fingerprint density at radius 1 is 1.43 bits per heavy atom. The Bertz CT molecular complexity index is 530. The topological polar surface area (TPSA) is 69.6 Å². The Balaban J connectivity index is 1.96. The molecule has 1 aliphatic heterocycles. The Morgan fingerprint density at radius 3 is 2.86 bits per heavy atom. The third-order valence-corrected chi connectivity index (χ3v) is 3.91. The molecule has 2 rings (SSSR count). The molecule has 5 heteroatoms. The number of anilines is 1. The highest BCUT2D eigenvalue weighted by Crippen LogP contribution is 2.22. The average Bonchev–Trinajstić information content (AvgIpc) is 2.40. The summed E-state index contributed by atoms with van der Waals surface area (Å²) in [5.74, 6) is -0.617. The van der Waals surface area contributed by atoms with E-state index in [1.165, 1.54) is 0 Å². The molecule has 114 valence electrons. The highest BCUT2D eigenvalue weighted by molar-refractivity contribution is 5.92. The van der Waals surface area contributed by atoms with Crippen molar-refractivity contribution in [3.8, 4) is 0 Å². The minimum atomic E-state index is -0.843. The van der Waals surface area contributed by atoms with E-state index in [4.69, 9.17) is 0 Å². The summed E-state index contributed by atoms with van der Waals surface area (Å²) in [5.41, 5.74) is 1.82. The van der Waals surface area contributed by atoms with Gasteiger partial charge < -0.3 is 10.4 Å². The number of aliphatic carboxylic acids is 1. The summed E-state index contributed by atoms with van der Waals surface area (Å²) in [5, 5.41) is 12.1. The molecule has 2 N–H and O–H groups in total. The quantitative estimate of drug-likeness (QED) is 0.891. The summed E-state index contributed by atoms with van der Waals surface area (Å²) in [4.78, 5) is 25.2. The first-order chi connectivity index (χ1) is 9.95. The second-order valence-electron chi connectivity index (χ2n) is 5.87. The number of carboxylic acids is 1. The second-order valence-corrected chi connectivity index (χ2v) is 5.87. The van der Waals surface area contributed by atoms with Crippen LogP contribution in [0, 0.1) is 12.8 Å². The Morgan fingerprint density at radius 2 is 2.19 bits per heavy atom. The van der Waals surface area contributed by atoms with Gasteiger partial charge in [-0.3, -0.25) is 14.5 Å². The summed E-state index contributed by atoms with van der Waals surface area (Å²) in [6.45, 7) is 4.79. The molecule has 0 saturated carbocycles. The first kappa shape index (κ1) is 15.5. The third-order valence-electron chi connectivity index (χ3n) is 3.91. The number of carbonyl (C=O) groups is 2. The molecule has 1 fully saturated rings. The van der Waals surface area contributed by atoms with Crippen LogP contribution in [-0.4, -0.2) is 41.0 Å². The van der Waals surface area contributed by atoms with Crippen LogP contribution >= 0.6 is 0 Å². The normalized spacial score (nSPS) is 22.8. The van der Waals surface area contributed by atoms with Gasteiger partial charge in [-0.2, -0.15) is 0 Å². The molecule has 0 aromatic heterocycles. The first-order valence-corrected chi connectivity index (χ1v) is 7.29. The lowest BCUT2D eigenvalue weighted by molar-refractivity contribution is -0.145. The van der Waals surface area contributed by atoms with Gasteiger partial charge in [-0.1, -0.05) is 19.1 Å². The molecule has 0 aliphatic carbocycles. The van der Waals surface area contributed by atoms with E-state index in [0.29, 0.717) is 18.9 Å². The molecule has 1 aliphatic rings. The first-order valence-electron chi connectivity index (χ1n) is 7.29. The number of carboxylic acid groups (broad SMARTS) is 1. The highest BCUT2D eigenvalue weighted by atomic mass is 16.4. The molecule has 2 atom stereocenters. The molecule has 1 aromatic carbocycles. The van der Waals surface area contributed by atoms with Crippen LogP contribution in [0.15, 0.2) is 24.3 Å². The zero-order valence-electron chi connectivity index (χ0n) is 12.5. The van der Waals surface area contributed by atoms with Crippen LogP contribution in [0.25, 0.3) is 0 Å². The van der Waals surface area contributed by atoms with Crippen molar-refractivity contribution >= 4 is 17.6 Å². The zero-order valence-corrected chi connectivity index (χ0v) is 12.5. The fourth-order valence-electron chi connectivity index (χ4n) is 2.74. The molecule has 1 heterocycles. The number of benzene rings is 1. The van der Waals surface area contributed by atoms with E-state index < -0.39 is 12.0 Å². The van der Waals surface area contributed by atoms with Crippen molar-refractivity contribution in [1.82, 2.24) is 4.90 Å². The van der Waals surface area contributed by atoms with Crippen LogP contribution in [0.4, 0.5) is 5.69 Å². The lowest BCUT2D eigenvalue weighted by Gasteiger charge is -2.35. The van der Waals surface area contributed by atoms with Crippen LogP contribution in [0.1, 0.15) is 25.3 Å². The van der Waals surface area contributed by atoms with Crippen molar-refractivity contribution in [1.29, 1.82) is 0 Å². The maximum atomic E-state index is 12.1. The van der Waals surface area contributed by atoms with Crippen molar-refractivity contribution in [2.45, 2.75) is 32.7 Å². The molecular formula is C16H22N2O3. The fourth-order valence-corrected chi connectivity index (χ4v) is 2.74. The smallest absolute Gasteiger partial charge is 0.320 e. The van der Waals surface area contributed by atoms with Gasteiger partial charge in [-0.15, -0.1) is 0 Å². The SMILES string of the molecule is Cc1cccc(NC(=O)CN2CCC(C)CC2C(=O)O)c1. The van der Waals surface area contributed by atoms with E-state index in [-0.39, 0.29) is 12.5 Å². The summed E-state index contributed by atoms with van der Waals surface area (Å²) in [6, 6.07) is 7.01. The summed E-state index contributed by atoms with van der Waals surface area (Å²) in [6.07, 6.45) is 1.54. The highest BCUT2D eigenvalue weighted by Gasteiger charge is 2.32. The number of hydrogen-bond acceptors (Lipinski definition) is 3. The van der Waals surface area contributed by atoms with Crippen LogP contribution < -0.4 is 5.32 Å². The monoisotopic (exact) mass is 290 g/mol. The molecule has 1 saturated heterocycles. The Kier molecular flexibility index (Phi) is 4.96. The van der Waals surface area contributed by atoms with Gasteiger partial charge in [0.15, 0.2) is 0 Å². The molecule has 0 bridgehead atoms. The van der Waals surface area contributed by atoms with E-state index in [2.05, 4.69) is 12.2 Å². The van der Waals surface area contributed by atoms with Crippen molar-refractivity contribution in [2.75, 3.05) is 18.4 Å². The number of nitrogens with one attached hydrogen (secondary N) is 1. The van der Waals surface area contributed by atoms with Crippen molar-refractivity contribution in [2.24, 2.45) is 5.92 Å². The summed E-state index contributed by atoms with van der Waals surface area (Å²) >= 11 is 0. The number of nitrogens with zero attached hydrogens (tertiary/aromatic N) is 1. The summed E-state index contributed by atoms with van der Waals surface area (Å²) < 4.78 is 0. The molecule has 5 nitrogen and oxygen atoms in total. The van der Waals surface area contributed by atoms with Crippen molar-refractivity contribution in [3.05, 3.63) is 29.8 Å². The Hall–Kier alpha value is -1.88. The van der Waals surface area contributed by atoms with E-state index in [9.17, 15) is 14.7 Å². The zero-order chi connectivity index (χ0) is 15.4. The van der Waals surface area contributed by atoms with Gasteiger partial charge in [0.1, 0.15) is 6.04 Å². The lowest BCUT2D eigenvalue weighted by Crippen LogP contribution is -2.49. The van der Waals surface area contributed by atoms with Crippen LogP contribution in [-0.2, 0) is 9.59 Å². The number of likely N-dealkylation sites (tertiary alicyclic amines) is 1. The molecule has 1 amide bonds. The number of aryl methyl sites for hydroxylation is 1. The fraction of sp³-hybridized carbons (Fsp3) is 0.500. The molecule has 0 spiro atoms. The third kappa shape index (κ3) is 4.29. The van der Waals surface area contributed by atoms with E-state index in [0.717, 1.165) is 17.7 Å². The lowest BCUT2D eigenvalue weighted by atomic mass is 9.92. The molecule has 21 heavy (non-hydrogen) atoms. The Labute approximate surface area is 125 Å². The van der Waals surface area contributed by atoms with Gasteiger partial charge in [0, 0.05) is 5.69 Å². The largest absolute Gasteiger partial charge is 0.480 e. The minimum absolute atomic E-state index is 0.123. The number of rotatable bonds is 4. The number of amides is 1. The van der Waals surface area contributed by atoms with Gasteiger partial charge in [-0.25, -0.2) is 0 Å². The van der Waals surface area contributed by atoms with Gasteiger partial charge in [0.25, 0.3) is 0 Å². The maximum Gasteiger partial charge on any atom is 0.320 e. The molecule has 2 unspecified atom stereocenters. The van der Waals surface area contributed by atoms with Gasteiger partial charge in [0.05, 0.1) is 6.54 Å². The molecule has 0 radical (unpaired) electrons. The maximum absolute atomic E-state index is 12.1. The van der Waals surface area contributed by atoms with Gasteiger partial charge >= 0.3 is 5.97 Å². The number of hydrogen-bond donors (Lipinski definition) is 2. The standard InChI is InChI=1S/C16H22N2O3/c1-11-4-3-5-13(8-11)17-15(19)10-18-7-6-12(2)9-14(18)16(20)21/h3-5,8,12,14H,6-7,9-10H2,1-2H3,(H,17,19)(H,20,21). The predicted octanol–water partition coefficient (Wildman–Crippen LogP) is 2.12. The van der Waals surface area contributed by atoms with E-state index in [1.807, 2.05) is 31.2 Å². The predicted molar refractivity (Wildman–Crippen MR) is 81.2 cm³/mol. The molecular weight excluding hydrogens is 268 g/mol. The minimum Gasteiger partial charge on any atom is -0.480 e. The average molecular weight is 290 g/mol. The number of carbonyl (C=O) groups excluding carboxylic acids is 1.